The quantitative estimate of drug-likeness (QED) is 0.818. The highest BCUT2D eigenvalue weighted by Gasteiger charge is 2.41. The summed E-state index contributed by atoms with van der Waals surface area (Å²) in [5, 5.41) is 3.27. The topological polar surface area (TPSA) is 32.3 Å². The first-order chi connectivity index (χ1) is 7.67. The second-order valence-electron chi connectivity index (χ2n) is 6.94. The monoisotopic (exact) mass is 240 g/mol. The van der Waals surface area contributed by atoms with Crippen LogP contribution in [0.5, 0.6) is 0 Å². The van der Waals surface area contributed by atoms with Gasteiger partial charge in [0.15, 0.2) is 0 Å². The number of amides is 1. The van der Waals surface area contributed by atoms with Crippen molar-refractivity contribution in [2.75, 3.05) is 13.1 Å². The number of likely N-dealkylation sites (tertiary alicyclic amines) is 1. The lowest BCUT2D eigenvalue weighted by molar-refractivity contribution is -0.134. The van der Waals surface area contributed by atoms with Crippen LogP contribution in [0.4, 0.5) is 0 Å². The molecule has 0 radical (unpaired) electrons. The van der Waals surface area contributed by atoms with Crippen LogP contribution in [-0.4, -0.2) is 35.5 Å². The van der Waals surface area contributed by atoms with E-state index in [9.17, 15) is 4.79 Å². The number of hydrogen-bond donors (Lipinski definition) is 1. The molecular formula is C14H28N2O. The zero-order chi connectivity index (χ0) is 13.3. The van der Waals surface area contributed by atoms with E-state index >= 15 is 0 Å². The molecule has 100 valence electrons. The van der Waals surface area contributed by atoms with Gasteiger partial charge >= 0.3 is 0 Å². The van der Waals surface area contributed by atoms with Crippen molar-refractivity contribution >= 4 is 5.91 Å². The van der Waals surface area contributed by atoms with Crippen LogP contribution in [0.3, 0.4) is 0 Å². The standard InChI is InChI=1S/C14H28N2O/c1-7-15-11-8-9-16(12(11)17)14(5,6)10-13(2,3)4/h11,15H,7-10H2,1-6H3. The maximum absolute atomic E-state index is 12.3. The van der Waals surface area contributed by atoms with Crippen molar-refractivity contribution in [3.8, 4) is 0 Å². The van der Waals surface area contributed by atoms with Crippen LogP contribution >= 0.6 is 0 Å². The Hall–Kier alpha value is -0.570. The molecule has 0 bridgehead atoms. The Labute approximate surface area is 106 Å². The van der Waals surface area contributed by atoms with E-state index in [2.05, 4.69) is 51.8 Å². The second-order valence-corrected chi connectivity index (χ2v) is 6.94. The lowest BCUT2D eigenvalue weighted by atomic mass is 9.81. The Morgan fingerprint density at radius 2 is 1.88 bits per heavy atom. The van der Waals surface area contributed by atoms with Crippen LogP contribution in [0, 0.1) is 5.41 Å². The number of carbonyl (C=O) groups is 1. The number of nitrogens with one attached hydrogen (secondary N) is 1. The summed E-state index contributed by atoms with van der Waals surface area (Å²) in [6, 6.07) is 0.0410. The van der Waals surface area contributed by atoms with Gasteiger partial charge in [-0.2, -0.15) is 0 Å². The van der Waals surface area contributed by atoms with Gasteiger partial charge in [-0.1, -0.05) is 27.7 Å². The zero-order valence-corrected chi connectivity index (χ0v) is 12.3. The number of nitrogens with zero attached hydrogens (tertiary/aromatic N) is 1. The molecular weight excluding hydrogens is 212 g/mol. The second kappa shape index (κ2) is 4.97. The van der Waals surface area contributed by atoms with E-state index in [1.165, 1.54) is 0 Å². The SMILES string of the molecule is CCNC1CCN(C(C)(C)CC(C)(C)C)C1=O. The van der Waals surface area contributed by atoms with Crippen molar-refractivity contribution in [2.24, 2.45) is 5.41 Å². The molecule has 1 aliphatic rings. The molecule has 3 nitrogen and oxygen atoms in total. The average molecular weight is 240 g/mol. The Kier molecular flexibility index (Phi) is 4.23. The average Bonchev–Trinajstić information content (AvgIpc) is 2.45. The summed E-state index contributed by atoms with van der Waals surface area (Å²) in [6.45, 7) is 14.9. The molecule has 1 rings (SSSR count). The summed E-state index contributed by atoms with van der Waals surface area (Å²) in [5.41, 5.74) is 0.208. The van der Waals surface area contributed by atoms with Gasteiger partial charge in [-0.25, -0.2) is 0 Å². The van der Waals surface area contributed by atoms with Gasteiger partial charge in [-0.05, 0) is 38.6 Å². The van der Waals surface area contributed by atoms with Crippen LogP contribution < -0.4 is 5.32 Å². The minimum atomic E-state index is -0.0422. The van der Waals surface area contributed by atoms with Crippen molar-refractivity contribution in [1.29, 1.82) is 0 Å². The molecule has 1 fully saturated rings. The third-order valence-electron chi connectivity index (χ3n) is 3.35. The Morgan fingerprint density at radius 3 is 2.35 bits per heavy atom. The fraction of sp³-hybridized carbons (Fsp3) is 0.929. The minimum Gasteiger partial charge on any atom is -0.336 e. The van der Waals surface area contributed by atoms with Gasteiger partial charge in [0.2, 0.25) is 5.91 Å². The summed E-state index contributed by atoms with van der Waals surface area (Å²) in [7, 11) is 0. The first-order valence-corrected chi connectivity index (χ1v) is 6.72. The summed E-state index contributed by atoms with van der Waals surface area (Å²) in [4.78, 5) is 14.4. The molecule has 1 N–H and O–H groups in total. The van der Waals surface area contributed by atoms with Gasteiger partial charge in [0.05, 0.1) is 6.04 Å². The summed E-state index contributed by atoms with van der Waals surface area (Å²) in [5.74, 6) is 0.279. The Morgan fingerprint density at radius 1 is 1.29 bits per heavy atom. The molecule has 0 saturated carbocycles. The lowest BCUT2D eigenvalue weighted by Crippen LogP contribution is -2.49. The number of hydrogen-bond acceptors (Lipinski definition) is 2. The van der Waals surface area contributed by atoms with Crippen LogP contribution in [-0.2, 0) is 4.79 Å². The molecule has 1 heterocycles. The molecule has 0 aliphatic carbocycles. The molecule has 1 saturated heterocycles. The molecule has 1 atom stereocenters. The first-order valence-electron chi connectivity index (χ1n) is 6.72. The fourth-order valence-corrected chi connectivity index (χ4v) is 3.11. The van der Waals surface area contributed by atoms with E-state index < -0.39 is 0 Å². The van der Waals surface area contributed by atoms with Gasteiger partial charge in [0, 0.05) is 12.1 Å². The molecule has 1 aliphatic heterocycles. The molecule has 1 amide bonds. The highest BCUT2D eigenvalue weighted by atomic mass is 16.2. The van der Waals surface area contributed by atoms with E-state index in [4.69, 9.17) is 0 Å². The fourth-order valence-electron chi connectivity index (χ4n) is 3.11. The third-order valence-corrected chi connectivity index (χ3v) is 3.35. The van der Waals surface area contributed by atoms with E-state index in [-0.39, 0.29) is 22.9 Å². The Balaban J connectivity index is 2.70. The van der Waals surface area contributed by atoms with E-state index in [1.54, 1.807) is 0 Å². The van der Waals surface area contributed by atoms with E-state index in [0.717, 1.165) is 25.9 Å². The lowest BCUT2D eigenvalue weighted by Gasteiger charge is -2.40. The number of rotatable bonds is 4. The predicted octanol–water partition coefficient (Wildman–Crippen LogP) is 2.41. The maximum atomic E-state index is 12.3. The van der Waals surface area contributed by atoms with Crippen molar-refractivity contribution in [2.45, 2.75) is 66.0 Å². The minimum absolute atomic E-state index is 0.0410. The molecule has 0 aromatic carbocycles. The van der Waals surface area contributed by atoms with Gasteiger partial charge in [-0.3, -0.25) is 4.79 Å². The molecule has 0 aromatic rings. The van der Waals surface area contributed by atoms with E-state index in [1.807, 2.05) is 0 Å². The molecule has 3 heteroatoms. The highest BCUT2D eigenvalue weighted by Crippen LogP contribution is 2.33. The first kappa shape index (κ1) is 14.5. The number of likely N-dealkylation sites (N-methyl/N-ethyl adjacent to an activating group) is 1. The summed E-state index contributed by atoms with van der Waals surface area (Å²) < 4.78 is 0. The van der Waals surface area contributed by atoms with Crippen molar-refractivity contribution in [3.05, 3.63) is 0 Å². The molecule has 1 unspecified atom stereocenters. The Bertz CT molecular complexity index is 278. The third kappa shape index (κ3) is 3.70. The molecule has 17 heavy (non-hydrogen) atoms. The maximum Gasteiger partial charge on any atom is 0.240 e. The number of carbonyl (C=O) groups excluding carboxylic acids is 1. The van der Waals surface area contributed by atoms with Gasteiger partial charge < -0.3 is 10.2 Å². The highest BCUT2D eigenvalue weighted by molar-refractivity contribution is 5.84. The summed E-state index contributed by atoms with van der Waals surface area (Å²) >= 11 is 0. The largest absolute Gasteiger partial charge is 0.336 e. The van der Waals surface area contributed by atoms with Crippen molar-refractivity contribution in [3.63, 3.8) is 0 Å². The van der Waals surface area contributed by atoms with Gasteiger partial charge in [-0.15, -0.1) is 0 Å². The van der Waals surface area contributed by atoms with Crippen LogP contribution in [0.1, 0.15) is 54.4 Å². The summed E-state index contributed by atoms with van der Waals surface area (Å²) in [6.07, 6.45) is 1.98. The van der Waals surface area contributed by atoms with Crippen molar-refractivity contribution in [1.82, 2.24) is 10.2 Å². The van der Waals surface area contributed by atoms with Crippen LogP contribution in [0.2, 0.25) is 0 Å². The van der Waals surface area contributed by atoms with Gasteiger partial charge in [0.25, 0.3) is 0 Å². The molecule has 0 spiro atoms. The van der Waals surface area contributed by atoms with Crippen LogP contribution in [0.15, 0.2) is 0 Å². The van der Waals surface area contributed by atoms with E-state index in [0.29, 0.717) is 0 Å². The van der Waals surface area contributed by atoms with Crippen molar-refractivity contribution < 1.29 is 4.79 Å². The van der Waals surface area contributed by atoms with Crippen LogP contribution in [0.25, 0.3) is 0 Å². The predicted molar refractivity (Wildman–Crippen MR) is 71.9 cm³/mol. The normalized spacial score (nSPS) is 22.4. The zero-order valence-electron chi connectivity index (χ0n) is 12.3. The molecule has 0 aromatic heterocycles. The van der Waals surface area contributed by atoms with Gasteiger partial charge in [0.1, 0.15) is 0 Å². The smallest absolute Gasteiger partial charge is 0.240 e.